The number of nitrogens with zero attached hydrogens (tertiary/aromatic N) is 1. The lowest BCUT2D eigenvalue weighted by Crippen LogP contribution is -2.26. The molecule has 1 unspecified atom stereocenters. The van der Waals surface area contributed by atoms with Crippen LogP contribution in [0.1, 0.15) is 6.42 Å². The molecule has 92 valence electrons. The van der Waals surface area contributed by atoms with Crippen molar-refractivity contribution >= 4 is 56.4 Å². The van der Waals surface area contributed by atoms with Gasteiger partial charge in [0, 0.05) is 23.3 Å². The molecule has 1 fully saturated rings. The molecule has 1 amide bonds. The molecule has 1 aliphatic heterocycles. The fraction of sp³-hybridized carbons (Fsp3) is 0.364. The smallest absolute Gasteiger partial charge is 0.227 e. The fourth-order valence-corrected chi connectivity index (χ4v) is 3.02. The summed E-state index contributed by atoms with van der Waals surface area (Å²) in [6.45, 7) is 0.635. The summed E-state index contributed by atoms with van der Waals surface area (Å²) in [5, 5.41) is 1.68. The highest BCUT2D eigenvalue weighted by molar-refractivity contribution is 9.09. The summed E-state index contributed by atoms with van der Waals surface area (Å²) in [7, 11) is 0. The Kier molecular flexibility index (Phi) is 3.85. The first-order valence-electron chi connectivity index (χ1n) is 5.13. The Morgan fingerprint density at radius 3 is 2.71 bits per heavy atom. The Morgan fingerprint density at radius 2 is 2.18 bits per heavy atom. The van der Waals surface area contributed by atoms with Crippen molar-refractivity contribution in [3.63, 3.8) is 0 Å². The molecule has 1 aromatic carbocycles. The quantitative estimate of drug-likeness (QED) is 0.664. The van der Waals surface area contributed by atoms with Crippen molar-refractivity contribution in [3.8, 4) is 0 Å². The molecule has 6 heteroatoms. The van der Waals surface area contributed by atoms with E-state index in [1.165, 1.54) is 0 Å². The Morgan fingerprint density at radius 1 is 1.47 bits per heavy atom. The van der Waals surface area contributed by atoms with E-state index in [1.807, 2.05) is 0 Å². The van der Waals surface area contributed by atoms with E-state index in [9.17, 15) is 4.79 Å². The minimum Gasteiger partial charge on any atom is -0.397 e. The first-order valence-corrected chi connectivity index (χ1v) is 7.01. The van der Waals surface area contributed by atoms with Crippen molar-refractivity contribution < 1.29 is 4.79 Å². The molecule has 3 nitrogen and oxygen atoms in total. The largest absolute Gasteiger partial charge is 0.397 e. The Balaban J connectivity index is 2.38. The molecule has 2 N–H and O–H groups in total. The standard InChI is InChI=1S/C11H11BrCl2N2O/c12-4-6-1-10(17)16(5-6)11-8(14)2-7(13)3-9(11)15/h2-3,6H,1,4-5,15H2. The van der Waals surface area contributed by atoms with Crippen LogP contribution in [0.4, 0.5) is 11.4 Å². The number of amides is 1. The van der Waals surface area contributed by atoms with Crippen LogP contribution < -0.4 is 10.6 Å². The van der Waals surface area contributed by atoms with Crippen LogP contribution in [-0.2, 0) is 4.79 Å². The maximum absolute atomic E-state index is 11.9. The number of halogens is 3. The lowest BCUT2D eigenvalue weighted by molar-refractivity contribution is -0.117. The second-order valence-corrected chi connectivity index (χ2v) is 5.55. The molecule has 0 aromatic heterocycles. The van der Waals surface area contributed by atoms with Gasteiger partial charge in [-0.15, -0.1) is 0 Å². The third-order valence-electron chi connectivity index (χ3n) is 2.75. The summed E-state index contributed by atoms with van der Waals surface area (Å²) in [5.74, 6) is 0.346. The lowest BCUT2D eigenvalue weighted by atomic mass is 10.2. The molecule has 1 heterocycles. The summed E-state index contributed by atoms with van der Waals surface area (Å²) >= 11 is 15.3. The van der Waals surface area contributed by atoms with Gasteiger partial charge >= 0.3 is 0 Å². The summed E-state index contributed by atoms with van der Waals surface area (Å²) < 4.78 is 0. The number of nitrogen functional groups attached to an aromatic ring is 1. The number of benzene rings is 1. The third-order valence-corrected chi connectivity index (χ3v) is 4.17. The predicted molar refractivity (Wildman–Crippen MR) is 75.1 cm³/mol. The zero-order chi connectivity index (χ0) is 12.6. The molecule has 0 radical (unpaired) electrons. The molecule has 1 saturated heterocycles. The Bertz CT molecular complexity index is 444. The summed E-state index contributed by atoms with van der Waals surface area (Å²) in [6, 6.07) is 3.21. The van der Waals surface area contributed by atoms with Gasteiger partial charge in [0.25, 0.3) is 0 Å². The summed E-state index contributed by atoms with van der Waals surface area (Å²) in [5.41, 5.74) is 6.89. The average molecular weight is 338 g/mol. The van der Waals surface area contributed by atoms with Gasteiger partial charge in [-0.2, -0.15) is 0 Å². The molecule has 0 bridgehead atoms. The minimum atomic E-state index is 0.0466. The van der Waals surface area contributed by atoms with Crippen LogP contribution in [0.3, 0.4) is 0 Å². The summed E-state index contributed by atoms with van der Waals surface area (Å²) in [4.78, 5) is 13.5. The van der Waals surface area contributed by atoms with Gasteiger partial charge in [-0.05, 0) is 18.1 Å². The van der Waals surface area contributed by atoms with Crippen molar-refractivity contribution in [1.82, 2.24) is 0 Å². The molecule has 0 spiro atoms. The Hall–Kier alpha value is -0.450. The molecule has 1 aliphatic rings. The van der Waals surface area contributed by atoms with Crippen molar-refractivity contribution in [3.05, 3.63) is 22.2 Å². The van der Waals surface area contributed by atoms with Gasteiger partial charge in [-0.3, -0.25) is 4.79 Å². The van der Waals surface area contributed by atoms with Gasteiger partial charge in [-0.25, -0.2) is 0 Å². The molecule has 1 atom stereocenters. The maximum atomic E-state index is 11.9. The number of carbonyl (C=O) groups excluding carboxylic acids is 1. The van der Waals surface area contributed by atoms with Crippen molar-refractivity contribution in [2.45, 2.75) is 6.42 Å². The van der Waals surface area contributed by atoms with Gasteiger partial charge in [0.1, 0.15) is 0 Å². The van der Waals surface area contributed by atoms with Crippen LogP contribution >= 0.6 is 39.1 Å². The van der Waals surface area contributed by atoms with Crippen LogP contribution in [0.2, 0.25) is 10.0 Å². The van der Waals surface area contributed by atoms with Gasteiger partial charge in [0.2, 0.25) is 5.91 Å². The van der Waals surface area contributed by atoms with E-state index in [0.29, 0.717) is 40.3 Å². The molecule has 17 heavy (non-hydrogen) atoms. The second kappa shape index (κ2) is 5.04. The Labute approximate surface area is 118 Å². The van der Waals surface area contributed by atoms with Crippen LogP contribution in [0, 0.1) is 5.92 Å². The zero-order valence-electron chi connectivity index (χ0n) is 8.92. The molecule has 2 rings (SSSR count). The predicted octanol–water partition coefficient (Wildman–Crippen LogP) is 3.32. The topological polar surface area (TPSA) is 46.3 Å². The molecule has 1 aromatic rings. The van der Waals surface area contributed by atoms with Gasteiger partial charge in [0.15, 0.2) is 0 Å². The van der Waals surface area contributed by atoms with E-state index in [-0.39, 0.29) is 5.91 Å². The van der Waals surface area contributed by atoms with E-state index in [4.69, 9.17) is 28.9 Å². The SMILES string of the molecule is Nc1cc(Cl)cc(Cl)c1N1CC(CBr)CC1=O. The second-order valence-electron chi connectivity index (χ2n) is 4.05. The lowest BCUT2D eigenvalue weighted by Gasteiger charge is -2.20. The van der Waals surface area contributed by atoms with E-state index < -0.39 is 0 Å². The number of alkyl halides is 1. The highest BCUT2D eigenvalue weighted by Gasteiger charge is 2.32. The highest BCUT2D eigenvalue weighted by atomic mass is 79.9. The number of hydrogen-bond donors (Lipinski definition) is 1. The van der Waals surface area contributed by atoms with Gasteiger partial charge in [0.05, 0.1) is 16.4 Å². The van der Waals surface area contributed by atoms with Crippen molar-refractivity contribution in [2.75, 3.05) is 22.5 Å². The number of hydrogen-bond acceptors (Lipinski definition) is 2. The number of rotatable bonds is 2. The van der Waals surface area contributed by atoms with Gasteiger partial charge < -0.3 is 10.6 Å². The zero-order valence-corrected chi connectivity index (χ0v) is 12.0. The normalized spacial score (nSPS) is 20.1. The first-order chi connectivity index (χ1) is 8.02. The maximum Gasteiger partial charge on any atom is 0.227 e. The minimum absolute atomic E-state index is 0.0466. The number of nitrogens with two attached hydrogens (primary N) is 1. The van der Waals surface area contributed by atoms with Gasteiger partial charge in [-0.1, -0.05) is 39.1 Å². The van der Waals surface area contributed by atoms with Crippen LogP contribution in [-0.4, -0.2) is 17.8 Å². The van der Waals surface area contributed by atoms with E-state index in [2.05, 4.69) is 15.9 Å². The average Bonchev–Trinajstić information content (AvgIpc) is 2.59. The molecular weight excluding hydrogens is 327 g/mol. The van der Waals surface area contributed by atoms with Crippen LogP contribution in [0.5, 0.6) is 0 Å². The third kappa shape index (κ3) is 2.54. The van der Waals surface area contributed by atoms with E-state index in [0.717, 1.165) is 5.33 Å². The van der Waals surface area contributed by atoms with Crippen LogP contribution in [0.25, 0.3) is 0 Å². The first kappa shape index (κ1) is 13.0. The molecular formula is C11H11BrCl2N2O. The fourth-order valence-electron chi connectivity index (χ4n) is 1.97. The van der Waals surface area contributed by atoms with Crippen molar-refractivity contribution in [1.29, 1.82) is 0 Å². The van der Waals surface area contributed by atoms with Crippen molar-refractivity contribution in [2.24, 2.45) is 5.92 Å². The monoisotopic (exact) mass is 336 g/mol. The molecule has 0 saturated carbocycles. The number of carbonyl (C=O) groups is 1. The molecule has 0 aliphatic carbocycles. The van der Waals surface area contributed by atoms with E-state index >= 15 is 0 Å². The summed E-state index contributed by atoms with van der Waals surface area (Å²) in [6.07, 6.45) is 0.518. The van der Waals surface area contributed by atoms with Crippen LogP contribution in [0.15, 0.2) is 12.1 Å². The van der Waals surface area contributed by atoms with E-state index in [1.54, 1.807) is 17.0 Å². The highest BCUT2D eigenvalue weighted by Crippen LogP contribution is 2.38. The number of anilines is 2.